The summed E-state index contributed by atoms with van der Waals surface area (Å²) in [5, 5.41) is 180. The van der Waals surface area contributed by atoms with E-state index in [-0.39, 0.29) is 13.2 Å². The highest BCUT2D eigenvalue weighted by atomic mass is 16.6. The molecule has 0 spiro atoms. The third-order valence-electron chi connectivity index (χ3n) is 14.6. The summed E-state index contributed by atoms with van der Waals surface area (Å²) in [6, 6.07) is 10.8. The first-order chi connectivity index (χ1) is 48.3. The van der Waals surface area contributed by atoms with E-state index in [1.165, 1.54) is 0 Å². The van der Waals surface area contributed by atoms with Crippen LogP contribution in [0.4, 0.5) is 0 Å². The van der Waals surface area contributed by atoms with Gasteiger partial charge in [0, 0.05) is 0 Å². The first-order valence-electron chi connectivity index (χ1n) is 29.8. The fourth-order valence-electron chi connectivity index (χ4n) is 9.28. The zero-order valence-corrected chi connectivity index (χ0v) is 52.3. The number of unbranched alkanes of at least 4 members (excludes halogenated alkanes) is 9. The van der Waals surface area contributed by atoms with Crippen molar-refractivity contribution in [1.29, 1.82) is 0 Å². The molecule has 0 fully saturated rings. The van der Waals surface area contributed by atoms with E-state index in [4.69, 9.17) is 37.9 Å². The van der Waals surface area contributed by atoms with Crippen LogP contribution in [0.5, 0.6) is 138 Å². The molecule has 8 aromatic carbocycles. The van der Waals surface area contributed by atoms with E-state index in [2.05, 4.69) is 0 Å². The molecular weight excluding hydrogens is 1360 g/mol. The number of benzene rings is 8. The number of carbonyl (C=O) groups excluding carboxylic acids is 8. The summed E-state index contributed by atoms with van der Waals surface area (Å²) in [6.07, 6.45) is 5.91. The zero-order chi connectivity index (χ0) is 74.5. The molecule has 0 heterocycles. The third-order valence-corrected chi connectivity index (χ3v) is 14.6. The number of hydrogen-bond acceptors (Lipinski definition) is 34. The van der Waals surface area contributed by atoms with E-state index in [0.717, 1.165) is 49.9 Å². The van der Waals surface area contributed by atoms with Gasteiger partial charge in [-0.05, 0) is 110 Å². The zero-order valence-electron chi connectivity index (χ0n) is 52.3. The number of ether oxygens (including phenoxy) is 8. The van der Waals surface area contributed by atoms with Gasteiger partial charge in [0.15, 0.2) is 126 Å². The van der Waals surface area contributed by atoms with E-state index >= 15 is 0 Å². The van der Waals surface area contributed by atoms with Gasteiger partial charge >= 0.3 is 47.8 Å². The van der Waals surface area contributed by atoms with Crippen LogP contribution in [0.25, 0.3) is 0 Å². The minimum atomic E-state index is -1.51. The molecule has 0 aliphatic heterocycles. The topological polar surface area (TPSA) is 575 Å². The molecule has 0 unspecified atom stereocenters. The van der Waals surface area contributed by atoms with Gasteiger partial charge in [0.05, 0.1) is 57.7 Å². The molecular formula is C68H58O34. The fourth-order valence-corrected chi connectivity index (χ4v) is 9.28. The second kappa shape index (κ2) is 31.9. The molecule has 0 bridgehead atoms. The van der Waals surface area contributed by atoms with Crippen molar-refractivity contribution in [3.8, 4) is 138 Å². The number of carbonyl (C=O) groups is 8. The lowest BCUT2D eigenvalue weighted by Gasteiger charge is -2.17. The Labute approximate surface area is 571 Å². The van der Waals surface area contributed by atoms with Crippen molar-refractivity contribution in [1.82, 2.24) is 0 Å². The maximum Gasteiger partial charge on any atom is 0.344 e. The molecule has 0 atom stereocenters. The average Bonchev–Trinajstić information content (AvgIpc) is 0.790. The monoisotopic (exact) mass is 1420 g/mol. The van der Waals surface area contributed by atoms with Crippen molar-refractivity contribution in [3.63, 3.8) is 0 Å². The lowest BCUT2D eigenvalue weighted by atomic mass is 10.1. The molecule has 0 radical (unpaired) electrons. The molecule has 0 aliphatic carbocycles. The number of phenolic OH excluding ortho intramolecular Hbond substituents is 18. The predicted molar refractivity (Wildman–Crippen MR) is 338 cm³/mol. The van der Waals surface area contributed by atoms with Crippen molar-refractivity contribution >= 4 is 47.8 Å². The number of rotatable bonds is 27. The van der Waals surface area contributed by atoms with E-state index in [1.54, 1.807) is 0 Å². The van der Waals surface area contributed by atoms with Gasteiger partial charge in [-0.2, -0.15) is 0 Å². The number of esters is 8. The quantitative estimate of drug-likeness (QED) is 0.00990. The normalized spacial score (nSPS) is 10.9. The lowest BCUT2D eigenvalue weighted by Crippen LogP contribution is -2.17. The number of phenols is 18. The molecule has 34 nitrogen and oxygen atoms in total. The van der Waals surface area contributed by atoms with Crippen LogP contribution in [0.1, 0.15) is 147 Å². The van der Waals surface area contributed by atoms with Crippen LogP contribution in [-0.4, -0.2) is 153 Å². The Morgan fingerprint density at radius 3 is 0.520 bits per heavy atom. The van der Waals surface area contributed by atoms with Gasteiger partial charge in [0.2, 0.25) is 11.5 Å². The Kier molecular flexibility index (Phi) is 23.0. The van der Waals surface area contributed by atoms with Gasteiger partial charge in [0.1, 0.15) is 0 Å². The molecule has 8 aromatic rings. The minimum Gasteiger partial charge on any atom is -0.504 e. The summed E-state index contributed by atoms with van der Waals surface area (Å²) in [6.45, 7) is -0.444. The van der Waals surface area contributed by atoms with Crippen molar-refractivity contribution < 1.29 is 168 Å². The Hall–Kier alpha value is -14.1. The maximum atomic E-state index is 13.7. The summed E-state index contributed by atoms with van der Waals surface area (Å²) < 4.78 is 43.5. The summed E-state index contributed by atoms with van der Waals surface area (Å²) >= 11 is 0. The summed E-state index contributed by atoms with van der Waals surface area (Å²) in [5.74, 6) is -35.2. The minimum absolute atomic E-state index is 0.222. The first kappa shape index (κ1) is 73.7. The van der Waals surface area contributed by atoms with Crippen LogP contribution in [-0.2, 0) is 9.47 Å². The number of hydrogen-bond donors (Lipinski definition) is 18. The molecule has 34 heteroatoms. The van der Waals surface area contributed by atoms with Gasteiger partial charge in [-0.15, -0.1) is 0 Å². The molecule has 0 aromatic heterocycles. The standard InChI is InChI=1S/C68H58O34/c69-37-13-29(14-38(70)53(37)81)63(89)97-49-25-35(26-50(98-64(90)30-15-39(71)54(82)40(72)16-30)59(49)101-67(93)33-21-45(77)57(85)46(78)22-33)61(87)95-11-9-7-5-3-1-2-4-6-8-10-12-96-62(88)36-27-51(99-65(91)31-17-41(73)55(83)42(74)18-31)60(102-68(94)34-23-47(79)58(86)48(80)24-34)52(28-36)100-66(92)32-19-43(75)56(84)44(76)20-32/h13-28,69-86H,1-12H2. The molecule has 0 amide bonds. The van der Waals surface area contributed by atoms with Crippen molar-refractivity contribution in [3.05, 3.63) is 142 Å². The van der Waals surface area contributed by atoms with Gasteiger partial charge in [-0.1, -0.05) is 51.4 Å². The summed E-state index contributed by atoms with van der Waals surface area (Å²) in [5.41, 5.74) is -5.08. The van der Waals surface area contributed by atoms with Crippen LogP contribution in [0.3, 0.4) is 0 Å². The molecule has 102 heavy (non-hydrogen) atoms. The first-order valence-corrected chi connectivity index (χ1v) is 29.8. The van der Waals surface area contributed by atoms with Gasteiger partial charge < -0.3 is 130 Å². The van der Waals surface area contributed by atoms with Crippen molar-refractivity contribution in [2.45, 2.75) is 64.2 Å². The second-order valence-electron chi connectivity index (χ2n) is 21.9. The van der Waals surface area contributed by atoms with Gasteiger partial charge in [-0.3, -0.25) is 0 Å². The highest BCUT2D eigenvalue weighted by Gasteiger charge is 2.32. The third kappa shape index (κ3) is 17.7. The molecule has 0 saturated heterocycles. The van der Waals surface area contributed by atoms with E-state index < -0.39 is 230 Å². The van der Waals surface area contributed by atoms with Crippen LogP contribution in [0, 0.1) is 0 Å². The fraction of sp³-hybridized carbons (Fsp3) is 0.176. The molecule has 0 aliphatic rings. The van der Waals surface area contributed by atoms with E-state index in [9.17, 15) is 130 Å². The van der Waals surface area contributed by atoms with Crippen LogP contribution >= 0.6 is 0 Å². The summed E-state index contributed by atoms with van der Waals surface area (Å²) in [7, 11) is 0. The smallest absolute Gasteiger partial charge is 0.344 e. The Balaban J connectivity index is 0.885. The lowest BCUT2D eigenvalue weighted by molar-refractivity contribution is 0.0486. The highest BCUT2D eigenvalue weighted by Crippen LogP contribution is 2.47. The van der Waals surface area contributed by atoms with Crippen LogP contribution in [0.2, 0.25) is 0 Å². The maximum absolute atomic E-state index is 13.7. The second-order valence-corrected chi connectivity index (χ2v) is 21.9. The Bertz CT molecular complexity index is 4030. The van der Waals surface area contributed by atoms with Crippen molar-refractivity contribution in [2.24, 2.45) is 0 Å². The SMILES string of the molecule is O=C(OCCCCCCCCCCCCOC(=O)c1cc(OC(=O)c2cc(O)c(O)c(O)c2)c(OC(=O)c2cc(O)c(O)c(O)c2)c(OC(=O)c2cc(O)c(O)c(O)c2)c1)c1cc(OC(=O)c2cc(O)c(O)c(O)c2)c(OC(=O)c2cc(O)c(O)c(O)c2)c(OC(=O)c2cc(O)c(O)c(O)c2)c1. The summed E-state index contributed by atoms with van der Waals surface area (Å²) in [4.78, 5) is 109. The van der Waals surface area contributed by atoms with Gasteiger partial charge in [0.25, 0.3) is 0 Å². The Morgan fingerprint density at radius 2 is 0.343 bits per heavy atom. The van der Waals surface area contributed by atoms with E-state index in [0.29, 0.717) is 111 Å². The van der Waals surface area contributed by atoms with Crippen LogP contribution in [0.15, 0.2) is 97.1 Å². The van der Waals surface area contributed by atoms with E-state index in [1.807, 2.05) is 0 Å². The largest absolute Gasteiger partial charge is 0.504 e. The average molecular weight is 1420 g/mol. The molecule has 534 valence electrons. The highest BCUT2D eigenvalue weighted by molar-refractivity contribution is 6.01. The van der Waals surface area contributed by atoms with Crippen LogP contribution < -0.4 is 28.4 Å². The van der Waals surface area contributed by atoms with Crippen molar-refractivity contribution in [2.75, 3.05) is 13.2 Å². The predicted octanol–water partition coefficient (Wildman–Crippen LogP) is 8.62. The molecule has 0 saturated carbocycles. The number of aromatic hydroxyl groups is 18. The Morgan fingerprint density at radius 1 is 0.196 bits per heavy atom. The van der Waals surface area contributed by atoms with Gasteiger partial charge in [-0.25, -0.2) is 38.4 Å². The molecule has 18 N–H and O–H groups in total. The molecule has 8 rings (SSSR count).